The fourth-order valence-electron chi connectivity index (χ4n) is 3.59. The second kappa shape index (κ2) is 7.76. The Balaban J connectivity index is 1.74. The molecule has 0 bridgehead atoms. The third-order valence-corrected chi connectivity index (χ3v) is 6.40. The molecule has 0 unspecified atom stereocenters. The fourth-order valence-corrected chi connectivity index (χ4v) is 4.88. The molecule has 0 aromatic rings. The van der Waals surface area contributed by atoms with E-state index < -0.39 is 10.2 Å². The summed E-state index contributed by atoms with van der Waals surface area (Å²) in [5.74, 6) is 1.53. The first kappa shape index (κ1) is 16.2. The number of hydrogen-bond donors (Lipinski definition) is 1. The van der Waals surface area contributed by atoms with Crippen molar-refractivity contribution in [3.63, 3.8) is 0 Å². The molecule has 4 nitrogen and oxygen atoms in total. The normalized spacial score (nSPS) is 30.1. The zero-order valence-electron chi connectivity index (χ0n) is 12.8. The van der Waals surface area contributed by atoms with Crippen molar-refractivity contribution in [1.82, 2.24) is 9.03 Å². The zero-order chi connectivity index (χ0) is 14.4. The SMILES string of the molecule is C[C@H]1CCC[C@@H](CCNS(=O)(=O)N2CCCCCC2)C1. The largest absolute Gasteiger partial charge is 0.279 e. The van der Waals surface area contributed by atoms with Crippen molar-refractivity contribution in [3.8, 4) is 0 Å². The summed E-state index contributed by atoms with van der Waals surface area (Å²) >= 11 is 0. The van der Waals surface area contributed by atoms with Crippen LogP contribution in [-0.4, -0.2) is 32.4 Å². The van der Waals surface area contributed by atoms with Gasteiger partial charge in [0.25, 0.3) is 10.2 Å². The fraction of sp³-hybridized carbons (Fsp3) is 1.00. The highest BCUT2D eigenvalue weighted by atomic mass is 32.2. The number of nitrogens with one attached hydrogen (secondary N) is 1. The Morgan fingerprint density at radius 2 is 1.75 bits per heavy atom. The summed E-state index contributed by atoms with van der Waals surface area (Å²) in [6.07, 6.45) is 10.5. The minimum atomic E-state index is -3.24. The molecule has 1 N–H and O–H groups in total. The van der Waals surface area contributed by atoms with Crippen molar-refractivity contribution in [2.24, 2.45) is 11.8 Å². The molecule has 0 spiro atoms. The third-order valence-electron chi connectivity index (χ3n) is 4.79. The lowest BCUT2D eigenvalue weighted by Gasteiger charge is -2.27. The molecular formula is C15H30N2O2S. The monoisotopic (exact) mass is 302 g/mol. The van der Waals surface area contributed by atoms with E-state index in [0.717, 1.165) is 38.0 Å². The number of rotatable bonds is 5. The Morgan fingerprint density at radius 1 is 1.05 bits per heavy atom. The Labute approximate surface area is 124 Å². The highest BCUT2D eigenvalue weighted by Crippen LogP contribution is 2.30. The van der Waals surface area contributed by atoms with Gasteiger partial charge in [0, 0.05) is 19.6 Å². The predicted octanol–water partition coefficient (Wildman–Crippen LogP) is 2.91. The standard InChI is InChI=1S/C15H30N2O2S/c1-14-7-6-8-15(13-14)9-10-16-20(18,19)17-11-4-2-3-5-12-17/h14-16H,2-13H2,1H3/t14-,15-/m0/s1. The van der Waals surface area contributed by atoms with Gasteiger partial charge in [0.1, 0.15) is 0 Å². The van der Waals surface area contributed by atoms with Gasteiger partial charge in [0.15, 0.2) is 0 Å². The van der Waals surface area contributed by atoms with Crippen molar-refractivity contribution in [2.45, 2.75) is 64.7 Å². The third kappa shape index (κ3) is 5.01. The van der Waals surface area contributed by atoms with Crippen molar-refractivity contribution < 1.29 is 8.42 Å². The zero-order valence-corrected chi connectivity index (χ0v) is 13.6. The molecule has 118 valence electrons. The van der Waals surface area contributed by atoms with E-state index in [4.69, 9.17) is 0 Å². The second-order valence-corrected chi connectivity index (χ2v) is 8.39. The van der Waals surface area contributed by atoms with Crippen LogP contribution in [0.15, 0.2) is 0 Å². The van der Waals surface area contributed by atoms with Crippen LogP contribution in [0.5, 0.6) is 0 Å². The summed E-state index contributed by atoms with van der Waals surface area (Å²) in [5, 5.41) is 0. The van der Waals surface area contributed by atoms with Gasteiger partial charge in [-0.25, -0.2) is 4.72 Å². The van der Waals surface area contributed by atoms with Gasteiger partial charge in [0.05, 0.1) is 0 Å². The molecule has 1 aliphatic carbocycles. The number of hydrogen-bond acceptors (Lipinski definition) is 2. The maximum Gasteiger partial charge on any atom is 0.279 e. The van der Waals surface area contributed by atoms with Gasteiger partial charge >= 0.3 is 0 Å². The lowest BCUT2D eigenvalue weighted by atomic mass is 9.81. The molecular weight excluding hydrogens is 272 g/mol. The molecule has 0 radical (unpaired) electrons. The maximum atomic E-state index is 12.3. The van der Waals surface area contributed by atoms with Gasteiger partial charge in [-0.1, -0.05) is 39.0 Å². The van der Waals surface area contributed by atoms with Crippen LogP contribution in [0.25, 0.3) is 0 Å². The molecule has 0 aromatic heterocycles. The Hall–Kier alpha value is -0.130. The van der Waals surface area contributed by atoms with Crippen LogP contribution < -0.4 is 4.72 Å². The lowest BCUT2D eigenvalue weighted by molar-refractivity contribution is 0.270. The van der Waals surface area contributed by atoms with Crippen LogP contribution in [0.2, 0.25) is 0 Å². The van der Waals surface area contributed by atoms with Crippen LogP contribution in [-0.2, 0) is 10.2 Å². The van der Waals surface area contributed by atoms with E-state index in [2.05, 4.69) is 11.6 Å². The first-order chi connectivity index (χ1) is 9.58. The summed E-state index contributed by atoms with van der Waals surface area (Å²) in [4.78, 5) is 0. The van der Waals surface area contributed by atoms with Crippen LogP contribution in [0.3, 0.4) is 0 Å². The summed E-state index contributed by atoms with van der Waals surface area (Å²) in [5.41, 5.74) is 0. The smallest absolute Gasteiger partial charge is 0.202 e. The molecule has 2 aliphatic rings. The topological polar surface area (TPSA) is 49.4 Å². The van der Waals surface area contributed by atoms with E-state index in [-0.39, 0.29) is 0 Å². The van der Waals surface area contributed by atoms with Gasteiger partial charge in [-0.05, 0) is 37.5 Å². The van der Waals surface area contributed by atoms with Gasteiger partial charge in [-0.3, -0.25) is 0 Å². The minimum absolute atomic E-state index is 0.607. The molecule has 1 saturated carbocycles. The highest BCUT2D eigenvalue weighted by molar-refractivity contribution is 7.87. The molecule has 0 aromatic carbocycles. The van der Waals surface area contributed by atoms with Gasteiger partial charge in [-0.2, -0.15) is 12.7 Å². The molecule has 0 amide bonds. The predicted molar refractivity (Wildman–Crippen MR) is 82.7 cm³/mol. The van der Waals surface area contributed by atoms with Gasteiger partial charge < -0.3 is 0 Å². The van der Waals surface area contributed by atoms with E-state index in [1.165, 1.54) is 25.7 Å². The first-order valence-corrected chi connectivity index (χ1v) is 9.76. The van der Waals surface area contributed by atoms with Crippen molar-refractivity contribution in [2.75, 3.05) is 19.6 Å². The van der Waals surface area contributed by atoms with E-state index in [9.17, 15) is 8.42 Å². The molecule has 1 aliphatic heterocycles. The molecule has 20 heavy (non-hydrogen) atoms. The average Bonchev–Trinajstić information content (AvgIpc) is 2.68. The molecule has 2 atom stereocenters. The molecule has 5 heteroatoms. The Morgan fingerprint density at radius 3 is 2.40 bits per heavy atom. The Kier molecular flexibility index (Phi) is 6.30. The molecule has 2 fully saturated rings. The van der Waals surface area contributed by atoms with Crippen LogP contribution in [0, 0.1) is 11.8 Å². The average molecular weight is 302 g/mol. The van der Waals surface area contributed by atoms with E-state index >= 15 is 0 Å². The summed E-state index contributed by atoms with van der Waals surface area (Å²) in [6.45, 7) is 4.30. The maximum absolute atomic E-state index is 12.3. The van der Waals surface area contributed by atoms with E-state index in [1.54, 1.807) is 4.31 Å². The van der Waals surface area contributed by atoms with Crippen LogP contribution >= 0.6 is 0 Å². The quantitative estimate of drug-likeness (QED) is 0.849. The Bertz CT molecular complexity index is 375. The number of nitrogens with zero attached hydrogens (tertiary/aromatic N) is 1. The van der Waals surface area contributed by atoms with E-state index in [0.29, 0.717) is 25.6 Å². The summed E-state index contributed by atoms with van der Waals surface area (Å²) in [6, 6.07) is 0. The van der Waals surface area contributed by atoms with Gasteiger partial charge in [0.2, 0.25) is 0 Å². The second-order valence-electron chi connectivity index (χ2n) is 6.64. The summed E-state index contributed by atoms with van der Waals surface area (Å²) in [7, 11) is -3.24. The summed E-state index contributed by atoms with van der Waals surface area (Å²) < 4.78 is 29.0. The van der Waals surface area contributed by atoms with Crippen molar-refractivity contribution >= 4 is 10.2 Å². The first-order valence-electron chi connectivity index (χ1n) is 8.32. The highest BCUT2D eigenvalue weighted by Gasteiger charge is 2.23. The van der Waals surface area contributed by atoms with Crippen LogP contribution in [0.1, 0.15) is 64.7 Å². The van der Waals surface area contributed by atoms with Crippen molar-refractivity contribution in [3.05, 3.63) is 0 Å². The minimum Gasteiger partial charge on any atom is -0.202 e. The van der Waals surface area contributed by atoms with Crippen molar-refractivity contribution in [1.29, 1.82) is 0 Å². The van der Waals surface area contributed by atoms with E-state index in [1.807, 2.05) is 0 Å². The molecule has 1 heterocycles. The van der Waals surface area contributed by atoms with Crippen LogP contribution in [0.4, 0.5) is 0 Å². The van der Waals surface area contributed by atoms with Gasteiger partial charge in [-0.15, -0.1) is 0 Å². The molecule has 1 saturated heterocycles. The molecule has 2 rings (SSSR count). The lowest BCUT2D eigenvalue weighted by Crippen LogP contribution is -2.42.